The van der Waals surface area contributed by atoms with Gasteiger partial charge in [-0.25, -0.2) is 5.43 Å². The number of nitrogens with one attached hydrogen (secondary N) is 2. The summed E-state index contributed by atoms with van der Waals surface area (Å²) in [5.41, 5.74) is 5.79. The Labute approximate surface area is 83.9 Å². The molecule has 0 bridgehead atoms. The van der Waals surface area contributed by atoms with Gasteiger partial charge in [-0.1, -0.05) is 0 Å². The minimum Gasteiger partial charge on any atom is -0.342 e. The summed E-state index contributed by atoms with van der Waals surface area (Å²) in [7, 11) is 3.54. The number of piperazine rings is 1. The number of aliphatic imine (C=N–C) groups is 1. The summed E-state index contributed by atoms with van der Waals surface area (Å²) in [6, 6.07) is 0. The van der Waals surface area contributed by atoms with Gasteiger partial charge in [-0.05, 0) is 0 Å². The lowest BCUT2D eigenvalue weighted by Crippen LogP contribution is -2.54. The van der Waals surface area contributed by atoms with E-state index < -0.39 is 0 Å². The zero-order valence-electron chi connectivity index (χ0n) is 8.66. The zero-order valence-corrected chi connectivity index (χ0v) is 8.66. The van der Waals surface area contributed by atoms with E-state index in [1.54, 1.807) is 19.0 Å². The highest BCUT2D eigenvalue weighted by molar-refractivity contribution is 5.79. The third-order valence-electron chi connectivity index (χ3n) is 2.21. The van der Waals surface area contributed by atoms with Crippen molar-refractivity contribution in [1.82, 2.24) is 20.7 Å². The molecule has 0 radical (unpaired) electrons. The maximum Gasteiger partial charge on any atom is 0.209 e. The van der Waals surface area contributed by atoms with Crippen LogP contribution in [0.25, 0.3) is 0 Å². The lowest BCUT2D eigenvalue weighted by atomic mass is 10.3. The van der Waals surface area contributed by atoms with E-state index in [1.165, 1.54) is 0 Å². The lowest BCUT2D eigenvalue weighted by Gasteiger charge is -2.34. The van der Waals surface area contributed by atoms with Gasteiger partial charge < -0.3 is 9.80 Å². The topological polar surface area (TPSA) is 60.0 Å². The van der Waals surface area contributed by atoms with Crippen LogP contribution in [0.4, 0.5) is 0 Å². The monoisotopic (exact) mass is 199 g/mol. The molecule has 1 saturated heterocycles. The molecule has 80 valence electrons. The van der Waals surface area contributed by atoms with E-state index in [4.69, 9.17) is 0 Å². The van der Waals surface area contributed by atoms with Crippen LogP contribution in [0.2, 0.25) is 0 Å². The molecule has 2 N–H and O–H groups in total. The first-order valence-corrected chi connectivity index (χ1v) is 4.65. The molecular weight excluding hydrogens is 182 g/mol. The van der Waals surface area contributed by atoms with Gasteiger partial charge in [0.2, 0.25) is 12.4 Å². The SMILES string of the molecule is CN=C(NNC)N1CCN(C=O)CC1. The van der Waals surface area contributed by atoms with Crippen molar-refractivity contribution >= 4 is 12.4 Å². The maximum absolute atomic E-state index is 10.5. The molecular formula is C8H17N5O. The number of rotatable bonds is 2. The Kier molecular flexibility index (Phi) is 4.18. The molecule has 1 rings (SSSR count). The summed E-state index contributed by atoms with van der Waals surface area (Å²) < 4.78 is 0. The van der Waals surface area contributed by atoms with E-state index in [9.17, 15) is 4.79 Å². The summed E-state index contributed by atoms with van der Waals surface area (Å²) in [5.74, 6) is 0.818. The summed E-state index contributed by atoms with van der Waals surface area (Å²) in [6.45, 7) is 3.15. The van der Waals surface area contributed by atoms with Crippen molar-refractivity contribution < 1.29 is 4.79 Å². The minimum atomic E-state index is 0.758. The number of nitrogens with zero attached hydrogens (tertiary/aromatic N) is 3. The van der Waals surface area contributed by atoms with Crippen molar-refractivity contribution in [2.45, 2.75) is 0 Å². The van der Waals surface area contributed by atoms with Crippen molar-refractivity contribution in [2.75, 3.05) is 40.3 Å². The summed E-state index contributed by atoms with van der Waals surface area (Å²) in [6.07, 6.45) is 0.894. The second kappa shape index (κ2) is 5.43. The van der Waals surface area contributed by atoms with Gasteiger partial charge in [-0.2, -0.15) is 0 Å². The van der Waals surface area contributed by atoms with Crippen LogP contribution in [-0.2, 0) is 4.79 Å². The normalized spacial score (nSPS) is 18.3. The fraction of sp³-hybridized carbons (Fsp3) is 0.750. The molecule has 0 spiro atoms. The number of carbonyl (C=O) groups is 1. The van der Waals surface area contributed by atoms with Crippen molar-refractivity contribution in [3.8, 4) is 0 Å². The van der Waals surface area contributed by atoms with Crippen molar-refractivity contribution in [3.63, 3.8) is 0 Å². The number of amides is 1. The van der Waals surface area contributed by atoms with Gasteiger partial charge in [0.15, 0.2) is 0 Å². The van der Waals surface area contributed by atoms with Gasteiger partial charge in [0.1, 0.15) is 0 Å². The molecule has 0 aliphatic carbocycles. The van der Waals surface area contributed by atoms with Gasteiger partial charge in [0, 0.05) is 40.3 Å². The second-order valence-electron chi connectivity index (χ2n) is 3.05. The van der Waals surface area contributed by atoms with Gasteiger partial charge in [-0.3, -0.25) is 15.2 Å². The predicted molar refractivity (Wildman–Crippen MR) is 54.8 cm³/mol. The Bertz CT molecular complexity index is 210. The van der Waals surface area contributed by atoms with Gasteiger partial charge in [-0.15, -0.1) is 0 Å². The molecule has 1 fully saturated rings. The summed E-state index contributed by atoms with van der Waals surface area (Å²) in [4.78, 5) is 18.5. The summed E-state index contributed by atoms with van der Waals surface area (Å²) >= 11 is 0. The molecule has 0 atom stereocenters. The Morgan fingerprint density at radius 1 is 1.36 bits per heavy atom. The van der Waals surface area contributed by atoms with Gasteiger partial charge >= 0.3 is 0 Å². The van der Waals surface area contributed by atoms with E-state index in [1.807, 2.05) is 0 Å². The third kappa shape index (κ3) is 2.59. The third-order valence-corrected chi connectivity index (χ3v) is 2.21. The molecule has 0 aromatic carbocycles. The fourth-order valence-corrected chi connectivity index (χ4v) is 1.43. The molecule has 1 heterocycles. The first-order valence-electron chi connectivity index (χ1n) is 4.65. The van der Waals surface area contributed by atoms with Crippen molar-refractivity contribution in [2.24, 2.45) is 4.99 Å². The molecule has 0 saturated carbocycles. The number of hydrazine groups is 1. The highest BCUT2D eigenvalue weighted by atomic mass is 16.1. The molecule has 0 aromatic rings. The van der Waals surface area contributed by atoms with Crippen LogP contribution in [-0.4, -0.2) is 62.4 Å². The van der Waals surface area contributed by atoms with Crippen molar-refractivity contribution in [1.29, 1.82) is 0 Å². The number of hydrogen-bond donors (Lipinski definition) is 2. The lowest BCUT2D eigenvalue weighted by molar-refractivity contribution is -0.119. The highest BCUT2D eigenvalue weighted by Gasteiger charge is 2.17. The Morgan fingerprint density at radius 2 is 2.00 bits per heavy atom. The molecule has 6 nitrogen and oxygen atoms in total. The Morgan fingerprint density at radius 3 is 2.43 bits per heavy atom. The fourth-order valence-electron chi connectivity index (χ4n) is 1.43. The average molecular weight is 199 g/mol. The molecule has 1 aliphatic heterocycles. The smallest absolute Gasteiger partial charge is 0.209 e. The molecule has 1 aliphatic rings. The maximum atomic E-state index is 10.5. The molecule has 0 unspecified atom stereocenters. The standard InChI is InChI=1S/C8H17N5O/c1-9-8(11-10-2)13-5-3-12(7-14)4-6-13/h7,10H,3-6H2,1-2H3,(H,9,11). The molecule has 0 aromatic heterocycles. The zero-order chi connectivity index (χ0) is 10.4. The number of guanidine groups is 1. The Balaban J connectivity index is 2.43. The Hall–Kier alpha value is -1.30. The summed E-state index contributed by atoms with van der Waals surface area (Å²) in [5, 5.41) is 0. The van der Waals surface area contributed by atoms with Crippen LogP contribution in [0.3, 0.4) is 0 Å². The number of hydrogen-bond acceptors (Lipinski definition) is 3. The number of carbonyl (C=O) groups excluding carboxylic acids is 1. The average Bonchev–Trinajstić information content (AvgIpc) is 2.26. The molecule has 14 heavy (non-hydrogen) atoms. The molecule has 6 heteroatoms. The van der Waals surface area contributed by atoms with Crippen LogP contribution < -0.4 is 10.9 Å². The molecule has 1 amide bonds. The van der Waals surface area contributed by atoms with Crippen LogP contribution >= 0.6 is 0 Å². The first-order chi connectivity index (χ1) is 6.81. The van der Waals surface area contributed by atoms with Gasteiger partial charge in [0.25, 0.3) is 0 Å². The first kappa shape index (κ1) is 10.8. The minimum absolute atomic E-state index is 0.758. The second-order valence-corrected chi connectivity index (χ2v) is 3.05. The largest absolute Gasteiger partial charge is 0.342 e. The van der Waals surface area contributed by atoms with E-state index in [0.717, 1.165) is 38.5 Å². The highest BCUT2D eigenvalue weighted by Crippen LogP contribution is 1.99. The van der Waals surface area contributed by atoms with E-state index in [0.29, 0.717) is 0 Å². The predicted octanol–water partition coefficient (Wildman–Crippen LogP) is -1.53. The van der Waals surface area contributed by atoms with Crippen LogP contribution in [0, 0.1) is 0 Å². The van der Waals surface area contributed by atoms with Crippen LogP contribution in [0.1, 0.15) is 0 Å². The van der Waals surface area contributed by atoms with E-state index in [-0.39, 0.29) is 0 Å². The van der Waals surface area contributed by atoms with Crippen molar-refractivity contribution in [3.05, 3.63) is 0 Å². The van der Waals surface area contributed by atoms with E-state index >= 15 is 0 Å². The van der Waals surface area contributed by atoms with Crippen LogP contribution in [0.15, 0.2) is 4.99 Å². The van der Waals surface area contributed by atoms with Gasteiger partial charge in [0.05, 0.1) is 0 Å². The van der Waals surface area contributed by atoms with Crippen LogP contribution in [0.5, 0.6) is 0 Å². The van der Waals surface area contributed by atoms with E-state index in [2.05, 4.69) is 20.7 Å². The quantitative estimate of drug-likeness (QED) is 0.245.